The van der Waals surface area contributed by atoms with Crippen molar-refractivity contribution in [3.8, 4) is 5.75 Å². The van der Waals surface area contributed by atoms with Gasteiger partial charge in [0.05, 0.1) is 18.2 Å². The van der Waals surface area contributed by atoms with Gasteiger partial charge in [0.15, 0.2) is 0 Å². The van der Waals surface area contributed by atoms with Gasteiger partial charge in [-0.3, -0.25) is 4.79 Å². The number of ether oxygens (including phenoxy) is 1. The topological polar surface area (TPSA) is 38.3 Å². The van der Waals surface area contributed by atoms with E-state index in [2.05, 4.69) is 5.32 Å². The highest BCUT2D eigenvalue weighted by Gasteiger charge is 2.12. The lowest BCUT2D eigenvalue weighted by atomic mass is 10.1. The third kappa shape index (κ3) is 3.31. The lowest BCUT2D eigenvalue weighted by Gasteiger charge is -2.14. The Morgan fingerprint density at radius 3 is 2.50 bits per heavy atom. The molecule has 2 rings (SSSR count). The molecule has 104 valence electrons. The van der Waals surface area contributed by atoms with Crippen molar-refractivity contribution in [1.82, 2.24) is 5.32 Å². The number of methoxy groups -OCH3 is 1. The Hall–Kier alpha value is -2.00. The van der Waals surface area contributed by atoms with E-state index in [0.717, 1.165) is 5.56 Å². The number of carbonyl (C=O) groups excluding carboxylic acids is 1. The summed E-state index contributed by atoms with van der Waals surface area (Å²) in [6.45, 7) is 1.94. The van der Waals surface area contributed by atoms with E-state index < -0.39 is 0 Å². The standard InChI is InChI=1S/C16H16ClNO2/c1-11(12-6-4-3-5-7-12)18-16(19)13-8-9-15(20-2)14(17)10-13/h3-11H,1-2H3,(H,18,19). The summed E-state index contributed by atoms with van der Waals surface area (Å²) in [7, 11) is 1.54. The predicted molar refractivity (Wildman–Crippen MR) is 80.3 cm³/mol. The lowest BCUT2D eigenvalue weighted by Crippen LogP contribution is -2.26. The first-order valence-electron chi connectivity index (χ1n) is 6.31. The van der Waals surface area contributed by atoms with Crippen LogP contribution in [0.15, 0.2) is 48.5 Å². The van der Waals surface area contributed by atoms with Crippen LogP contribution in [-0.2, 0) is 0 Å². The van der Waals surface area contributed by atoms with Gasteiger partial charge in [-0.1, -0.05) is 41.9 Å². The molecule has 3 nitrogen and oxygen atoms in total. The van der Waals surface area contributed by atoms with E-state index in [1.165, 1.54) is 0 Å². The van der Waals surface area contributed by atoms with Gasteiger partial charge in [0, 0.05) is 5.56 Å². The van der Waals surface area contributed by atoms with Crippen molar-refractivity contribution in [2.24, 2.45) is 0 Å². The van der Waals surface area contributed by atoms with E-state index in [0.29, 0.717) is 16.3 Å². The van der Waals surface area contributed by atoms with Gasteiger partial charge in [-0.2, -0.15) is 0 Å². The first-order chi connectivity index (χ1) is 9.61. The van der Waals surface area contributed by atoms with Gasteiger partial charge >= 0.3 is 0 Å². The second-order valence-electron chi connectivity index (χ2n) is 4.46. The van der Waals surface area contributed by atoms with Crippen molar-refractivity contribution >= 4 is 17.5 Å². The minimum atomic E-state index is -0.161. The quantitative estimate of drug-likeness (QED) is 0.929. The van der Waals surface area contributed by atoms with Gasteiger partial charge in [-0.15, -0.1) is 0 Å². The molecule has 0 fully saturated rings. The van der Waals surface area contributed by atoms with Crippen LogP contribution in [0.25, 0.3) is 0 Å². The zero-order valence-corrected chi connectivity index (χ0v) is 12.1. The van der Waals surface area contributed by atoms with E-state index in [-0.39, 0.29) is 11.9 Å². The average Bonchev–Trinajstić information content (AvgIpc) is 2.48. The minimum absolute atomic E-state index is 0.0652. The first-order valence-corrected chi connectivity index (χ1v) is 6.69. The summed E-state index contributed by atoms with van der Waals surface area (Å²) in [4.78, 5) is 12.2. The number of nitrogens with one attached hydrogen (secondary N) is 1. The second-order valence-corrected chi connectivity index (χ2v) is 4.86. The van der Waals surface area contributed by atoms with Crippen LogP contribution in [0.4, 0.5) is 0 Å². The van der Waals surface area contributed by atoms with Gasteiger partial charge in [0.2, 0.25) is 0 Å². The number of hydrogen-bond donors (Lipinski definition) is 1. The third-order valence-corrected chi connectivity index (χ3v) is 3.36. The maximum Gasteiger partial charge on any atom is 0.251 e. The fraction of sp³-hybridized carbons (Fsp3) is 0.188. The van der Waals surface area contributed by atoms with E-state index in [1.807, 2.05) is 37.3 Å². The molecule has 20 heavy (non-hydrogen) atoms. The fourth-order valence-corrected chi connectivity index (χ4v) is 2.17. The molecule has 1 atom stereocenters. The van der Waals surface area contributed by atoms with Crippen LogP contribution in [0.1, 0.15) is 28.9 Å². The summed E-state index contributed by atoms with van der Waals surface area (Å²) in [6.07, 6.45) is 0. The molecule has 0 aliphatic rings. The summed E-state index contributed by atoms with van der Waals surface area (Å²) in [6, 6.07) is 14.7. The SMILES string of the molecule is COc1ccc(C(=O)NC(C)c2ccccc2)cc1Cl. The van der Waals surface area contributed by atoms with Crippen LogP contribution in [0.2, 0.25) is 5.02 Å². The lowest BCUT2D eigenvalue weighted by molar-refractivity contribution is 0.0940. The summed E-state index contributed by atoms with van der Waals surface area (Å²) < 4.78 is 5.07. The Bertz CT molecular complexity index is 599. The Balaban J connectivity index is 2.10. The van der Waals surface area contributed by atoms with Crippen LogP contribution in [0, 0.1) is 0 Å². The molecule has 1 unspecified atom stereocenters. The highest BCUT2D eigenvalue weighted by molar-refractivity contribution is 6.32. The van der Waals surface area contributed by atoms with E-state index in [4.69, 9.17) is 16.3 Å². The number of halogens is 1. The van der Waals surface area contributed by atoms with Crippen LogP contribution in [0.3, 0.4) is 0 Å². The number of benzene rings is 2. The molecule has 0 saturated carbocycles. The molecule has 4 heteroatoms. The maximum atomic E-state index is 12.2. The molecular weight excluding hydrogens is 274 g/mol. The Morgan fingerprint density at radius 2 is 1.90 bits per heavy atom. The summed E-state index contributed by atoms with van der Waals surface area (Å²) >= 11 is 6.02. The molecular formula is C16H16ClNO2. The fourth-order valence-electron chi connectivity index (χ4n) is 1.91. The molecule has 0 radical (unpaired) electrons. The minimum Gasteiger partial charge on any atom is -0.495 e. The van der Waals surface area contributed by atoms with Crippen molar-refractivity contribution in [3.05, 3.63) is 64.7 Å². The molecule has 0 heterocycles. The monoisotopic (exact) mass is 289 g/mol. The van der Waals surface area contributed by atoms with E-state index >= 15 is 0 Å². The van der Waals surface area contributed by atoms with Crippen LogP contribution >= 0.6 is 11.6 Å². The predicted octanol–water partition coefficient (Wildman–Crippen LogP) is 3.84. The van der Waals surface area contributed by atoms with Gasteiger partial charge in [0.25, 0.3) is 5.91 Å². The maximum absolute atomic E-state index is 12.2. The summed E-state index contributed by atoms with van der Waals surface area (Å²) in [5.41, 5.74) is 1.57. The molecule has 0 aromatic heterocycles. The van der Waals surface area contributed by atoms with Crippen LogP contribution in [0.5, 0.6) is 5.75 Å². The van der Waals surface area contributed by atoms with E-state index in [9.17, 15) is 4.79 Å². The molecule has 1 amide bonds. The smallest absolute Gasteiger partial charge is 0.251 e. The zero-order valence-electron chi connectivity index (χ0n) is 11.4. The van der Waals surface area contributed by atoms with Crippen molar-refractivity contribution in [2.45, 2.75) is 13.0 Å². The van der Waals surface area contributed by atoms with Crippen molar-refractivity contribution < 1.29 is 9.53 Å². The number of carbonyl (C=O) groups is 1. The summed E-state index contributed by atoms with van der Waals surface area (Å²) in [5, 5.41) is 3.36. The van der Waals surface area contributed by atoms with Crippen molar-refractivity contribution in [1.29, 1.82) is 0 Å². The molecule has 0 saturated heterocycles. The van der Waals surface area contributed by atoms with Crippen molar-refractivity contribution in [3.63, 3.8) is 0 Å². The van der Waals surface area contributed by atoms with Gasteiger partial charge < -0.3 is 10.1 Å². The number of amides is 1. The molecule has 1 N–H and O–H groups in total. The van der Waals surface area contributed by atoms with E-state index in [1.54, 1.807) is 25.3 Å². The van der Waals surface area contributed by atoms with Crippen LogP contribution < -0.4 is 10.1 Å². The van der Waals surface area contributed by atoms with Gasteiger partial charge in [-0.05, 0) is 30.7 Å². The Morgan fingerprint density at radius 1 is 1.20 bits per heavy atom. The number of hydrogen-bond acceptors (Lipinski definition) is 2. The third-order valence-electron chi connectivity index (χ3n) is 3.06. The molecule has 2 aromatic rings. The molecule has 0 aliphatic heterocycles. The van der Waals surface area contributed by atoms with Crippen molar-refractivity contribution in [2.75, 3.05) is 7.11 Å². The normalized spacial score (nSPS) is 11.8. The van der Waals surface area contributed by atoms with Crippen LogP contribution in [-0.4, -0.2) is 13.0 Å². The largest absolute Gasteiger partial charge is 0.495 e. The highest BCUT2D eigenvalue weighted by Crippen LogP contribution is 2.25. The summed E-state index contributed by atoms with van der Waals surface area (Å²) in [5.74, 6) is 0.394. The zero-order chi connectivity index (χ0) is 14.5. The average molecular weight is 290 g/mol. The van der Waals surface area contributed by atoms with Gasteiger partial charge in [0.1, 0.15) is 5.75 Å². The molecule has 0 spiro atoms. The molecule has 0 aliphatic carbocycles. The highest BCUT2D eigenvalue weighted by atomic mass is 35.5. The molecule has 0 bridgehead atoms. The molecule has 2 aromatic carbocycles. The second kappa shape index (κ2) is 6.44. The number of rotatable bonds is 4. The Kier molecular flexibility index (Phi) is 4.64. The Labute approximate surface area is 123 Å². The first kappa shape index (κ1) is 14.4. The van der Waals surface area contributed by atoms with Gasteiger partial charge in [-0.25, -0.2) is 0 Å².